The number of hydrogen-bond acceptors (Lipinski definition) is 3. The van der Waals surface area contributed by atoms with Crippen molar-refractivity contribution in [3.05, 3.63) is 33.8 Å². The summed E-state index contributed by atoms with van der Waals surface area (Å²) in [4.78, 5) is 22.6. The van der Waals surface area contributed by atoms with Crippen LogP contribution in [0, 0.1) is 0 Å². The summed E-state index contributed by atoms with van der Waals surface area (Å²) in [5.41, 5.74) is -2.87. The van der Waals surface area contributed by atoms with Crippen molar-refractivity contribution in [3.63, 3.8) is 0 Å². The minimum atomic E-state index is -5.03. The molecule has 1 aromatic rings. The number of rotatable bonds is 4. The van der Waals surface area contributed by atoms with Gasteiger partial charge >= 0.3 is 18.1 Å². The predicted molar refractivity (Wildman–Crippen MR) is 65.1 cm³/mol. The van der Waals surface area contributed by atoms with Crippen LogP contribution in [-0.2, 0) is 15.7 Å². The van der Waals surface area contributed by atoms with E-state index in [1.165, 1.54) is 6.92 Å². The summed E-state index contributed by atoms with van der Waals surface area (Å²) in [5, 5.41) is 0. The maximum atomic E-state index is 13.5. The largest absolute Gasteiger partial charge is 0.461 e. The van der Waals surface area contributed by atoms with Gasteiger partial charge in [0.05, 0.1) is 12.2 Å². The highest BCUT2D eigenvalue weighted by Crippen LogP contribution is 2.36. The number of ketones is 1. The van der Waals surface area contributed by atoms with E-state index in [9.17, 15) is 31.5 Å². The molecule has 0 atom stereocenters. The van der Waals surface area contributed by atoms with Crippen LogP contribution in [0.4, 0.5) is 22.0 Å². The Morgan fingerprint density at radius 1 is 1.19 bits per heavy atom. The lowest BCUT2D eigenvalue weighted by atomic mass is 9.99. The SMILES string of the molecule is CCOC(=O)C(F)(F)C(=O)c1ccc(Br)cc1C(F)(F)F. The second-order valence-electron chi connectivity index (χ2n) is 3.81. The number of Topliss-reactive ketones (excluding diaryl/α,β-unsaturated/α-hetero) is 1. The summed E-state index contributed by atoms with van der Waals surface area (Å²) in [5.74, 6) is -9.14. The summed E-state index contributed by atoms with van der Waals surface area (Å²) in [6.07, 6.45) is -5.03. The third kappa shape index (κ3) is 3.78. The van der Waals surface area contributed by atoms with Crippen molar-refractivity contribution < 1.29 is 36.3 Å². The molecular weight excluding hydrogens is 367 g/mol. The number of carbonyl (C=O) groups excluding carboxylic acids is 2. The van der Waals surface area contributed by atoms with Crippen molar-refractivity contribution in [1.82, 2.24) is 0 Å². The lowest BCUT2D eigenvalue weighted by molar-refractivity contribution is -0.164. The maximum Gasteiger partial charge on any atom is 0.417 e. The van der Waals surface area contributed by atoms with Gasteiger partial charge in [-0.2, -0.15) is 22.0 Å². The highest BCUT2D eigenvalue weighted by atomic mass is 79.9. The fourth-order valence-electron chi connectivity index (χ4n) is 1.43. The van der Waals surface area contributed by atoms with Gasteiger partial charge in [0.1, 0.15) is 0 Å². The molecule has 0 aliphatic rings. The molecule has 116 valence electrons. The first-order valence-corrected chi connectivity index (χ1v) is 6.27. The Hall–Kier alpha value is -1.51. The van der Waals surface area contributed by atoms with Crippen LogP contribution in [0.25, 0.3) is 0 Å². The highest BCUT2D eigenvalue weighted by Gasteiger charge is 2.51. The molecule has 0 saturated heterocycles. The first-order chi connectivity index (χ1) is 9.51. The van der Waals surface area contributed by atoms with Crippen LogP contribution in [0.1, 0.15) is 22.8 Å². The van der Waals surface area contributed by atoms with Crippen molar-refractivity contribution in [2.24, 2.45) is 0 Å². The molecule has 1 aromatic carbocycles. The molecule has 0 amide bonds. The molecule has 0 aliphatic heterocycles. The number of ether oxygens (including phenoxy) is 1. The maximum absolute atomic E-state index is 13.5. The Labute approximate surface area is 124 Å². The van der Waals surface area contributed by atoms with Gasteiger partial charge in [-0.1, -0.05) is 15.9 Å². The Bertz CT molecular complexity index is 569. The number of benzene rings is 1. The molecule has 0 N–H and O–H groups in total. The molecule has 0 spiro atoms. The summed E-state index contributed by atoms with van der Waals surface area (Å²) in [6, 6.07) is 2.04. The van der Waals surface area contributed by atoms with E-state index in [2.05, 4.69) is 20.7 Å². The van der Waals surface area contributed by atoms with Gasteiger partial charge in [0.2, 0.25) is 5.78 Å². The third-order valence-electron chi connectivity index (χ3n) is 2.35. The average Bonchev–Trinajstić information content (AvgIpc) is 2.37. The zero-order valence-electron chi connectivity index (χ0n) is 10.4. The molecule has 0 aliphatic carbocycles. The van der Waals surface area contributed by atoms with Crippen LogP contribution in [0.3, 0.4) is 0 Å². The molecule has 3 nitrogen and oxygen atoms in total. The second-order valence-corrected chi connectivity index (χ2v) is 4.73. The molecule has 0 saturated carbocycles. The fraction of sp³-hybridized carbons (Fsp3) is 0.333. The fourth-order valence-corrected chi connectivity index (χ4v) is 1.79. The topological polar surface area (TPSA) is 43.4 Å². The van der Waals surface area contributed by atoms with Crippen molar-refractivity contribution in [2.45, 2.75) is 19.0 Å². The van der Waals surface area contributed by atoms with E-state index in [1.807, 2.05) is 0 Å². The predicted octanol–water partition coefficient (Wildman–Crippen LogP) is 3.85. The molecular formula is C12H8BrF5O3. The molecule has 0 unspecified atom stereocenters. The van der Waals surface area contributed by atoms with Crippen molar-refractivity contribution in [3.8, 4) is 0 Å². The Balaban J connectivity index is 3.34. The van der Waals surface area contributed by atoms with Crippen LogP contribution in [0.2, 0.25) is 0 Å². The minimum Gasteiger partial charge on any atom is -0.461 e. The Morgan fingerprint density at radius 2 is 1.76 bits per heavy atom. The normalized spacial score (nSPS) is 12.1. The number of halogens is 6. The van der Waals surface area contributed by atoms with E-state index in [1.54, 1.807) is 0 Å². The van der Waals surface area contributed by atoms with Gasteiger partial charge in [0.25, 0.3) is 0 Å². The van der Waals surface area contributed by atoms with E-state index in [4.69, 9.17) is 0 Å². The standard InChI is InChI=1S/C12H8BrF5O3/c1-2-21-10(20)11(14,15)9(19)7-4-3-6(13)5-8(7)12(16,17)18/h3-5H,2H2,1H3. The Kier molecular flexibility index (Phi) is 5.08. The third-order valence-corrected chi connectivity index (χ3v) is 2.84. The lowest BCUT2D eigenvalue weighted by Crippen LogP contribution is -2.40. The molecule has 1 rings (SSSR count). The highest BCUT2D eigenvalue weighted by molar-refractivity contribution is 9.10. The van der Waals surface area contributed by atoms with E-state index in [0.717, 1.165) is 6.07 Å². The molecule has 21 heavy (non-hydrogen) atoms. The van der Waals surface area contributed by atoms with E-state index < -0.39 is 41.6 Å². The lowest BCUT2D eigenvalue weighted by Gasteiger charge is -2.17. The summed E-state index contributed by atoms with van der Waals surface area (Å²) >= 11 is 2.75. The molecule has 0 fully saturated rings. The van der Waals surface area contributed by atoms with Crippen molar-refractivity contribution >= 4 is 27.7 Å². The van der Waals surface area contributed by atoms with Crippen molar-refractivity contribution in [2.75, 3.05) is 6.61 Å². The monoisotopic (exact) mass is 374 g/mol. The van der Waals surface area contributed by atoms with Crippen LogP contribution >= 0.6 is 15.9 Å². The smallest absolute Gasteiger partial charge is 0.417 e. The van der Waals surface area contributed by atoms with Crippen LogP contribution < -0.4 is 0 Å². The van der Waals surface area contributed by atoms with E-state index >= 15 is 0 Å². The molecule has 0 aromatic heterocycles. The van der Waals surface area contributed by atoms with Crippen molar-refractivity contribution in [1.29, 1.82) is 0 Å². The Morgan fingerprint density at radius 3 is 2.24 bits per heavy atom. The first kappa shape index (κ1) is 17.5. The zero-order chi connectivity index (χ0) is 16.4. The van der Waals surface area contributed by atoms with Gasteiger partial charge < -0.3 is 4.74 Å². The molecule has 0 radical (unpaired) electrons. The quantitative estimate of drug-likeness (QED) is 0.348. The molecule has 0 heterocycles. The molecule has 9 heteroatoms. The summed E-state index contributed by atoms with van der Waals surface area (Å²) < 4.78 is 69.4. The second kappa shape index (κ2) is 6.08. The number of hydrogen-bond donors (Lipinski definition) is 0. The van der Waals surface area contributed by atoms with Crippen LogP contribution in [0.15, 0.2) is 22.7 Å². The van der Waals surface area contributed by atoms with Crippen LogP contribution in [-0.4, -0.2) is 24.3 Å². The van der Waals surface area contributed by atoms with Gasteiger partial charge in [-0.15, -0.1) is 0 Å². The number of alkyl halides is 5. The van der Waals surface area contributed by atoms with Gasteiger partial charge in [-0.25, -0.2) is 4.79 Å². The molecule has 0 bridgehead atoms. The average molecular weight is 375 g/mol. The summed E-state index contributed by atoms with van der Waals surface area (Å²) in [7, 11) is 0. The van der Waals surface area contributed by atoms with Gasteiger partial charge in [-0.3, -0.25) is 4.79 Å². The van der Waals surface area contributed by atoms with Gasteiger partial charge in [0, 0.05) is 10.0 Å². The minimum absolute atomic E-state index is 0.0502. The summed E-state index contributed by atoms with van der Waals surface area (Å²) in [6.45, 7) is 0.785. The van der Waals surface area contributed by atoms with E-state index in [-0.39, 0.29) is 4.47 Å². The van der Waals surface area contributed by atoms with E-state index in [0.29, 0.717) is 12.1 Å². The zero-order valence-corrected chi connectivity index (χ0v) is 12.0. The van der Waals surface area contributed by atoms with Gasteiger partial charge in [-0.05, 0) is 25.1 Å². The van der Waals surface area contributed by atoms with Crippen LogP contribution in [0.5, 0.6) is 0 Å². The van der Waals surface area contributed by atoms with Gasteiger partial charge in [0.15, 0.2) is 0 Å². The number of esters is 1. The number of carbonyl (C=O) groups is 2. The first-order valence-electron chi connectivity index (χ1n) is 5.48.